The van der Waals surface area contributed by atoms with Crippen molar-refractivity contribution < 1.29 is 0 Å². The minimum Gasteiger partial charge on any atom is -0.267 e. The summed E-state index contributed by atoms with van der Waals surface area (Å²) in [5.74, 6) is 0. The van der Waals surface area contributed by atoms with E-state index in [4.69, 9.17) is 0 Å². The maximum Gasteiger partial charge on any atom is 0.351 e. The lowest BCUT2D eigenvalue weighted by Crippen LogP contribution is -2.38. The van der Waals surface area contributed by atoms with Crippen LogP contribution in [0.25, 0.3) is 26.5 Å². The van der Waals surface area contributed by atoms with Gasteiger partial charge in [-0.25, -0.2) is 9.78 Å². The fraction of sp³-hybridized carbons (Fsp3) is 0.0625. The predicted octanol–water partition coefficient (Wildman–Crippen LogP) is 1.60. The molecule has 4 aromatic rings. The highest BCUT2D eigenvalue weighted by atomic mass is 32.1. The summed E-state index contributed by atoms with van der Waals surface area (Å²) < 4.78 is 3.14. The predicted molar refractivity (Wildman–Crippen MR) is 91.5 cm³/mol. The van der Waals surface area contributed by atoms with Crippen LogP contribution in [0.2, 0.25) is 0 Å². The highest BCUT2D eigenvalue weighted by molar-refractivity contribution is 7.21. The summed E-state index contributed by atoms with van der Waals surface area (Å²) in [4.78, 5) is 32.4. The van der Waals surface area contributed by atoms with Crippen LogP contribution in [0.1, 0.15) is 0 Å². The Kier molecular flexibility index (Phi) is 3.31. The zero-order chi connectivity index (χ0) is 16.7. The van der Waals surface area contributed by atoms with Crippen molar-refractivity contribution in [2.45, 2.75) is 0 Å². The van der Waals surface area contributed by atoms with Crippen molar-refractivity contribution in [1.29, 1.82) is 0 Å². The molecule has 0 unspecified atom stereocenters. The van der Waals surface area contributed by atoms with Gasteiger partial charge in [0.15, 0.2) is 0 Å². The quantitative estimate of drug-likeness (QED) is 0.555. The molecule has 8 heteroatoms. The number of hydrogen-bond acceptors (Lipinski definition) is 6. The van der Waals surface area contributed by atoms with E-state index in [0.29, 0.717) is 5.69 Å². The fourth-order valence-corrected chi connectivity index (χ4v) is 3.30. The molecule has 3 heterocycles. The van der Waals surface area contributed by atoms with Crippen LogP contribution < -0.4 is 11.2 Å². The summed E-state index contributed by atoms with van der Waals surface area (Å²) in [7, 11) is 1.43. The van der Waals surface area contributed by atoms with Crippen molar-refractivity contribution in [3.05, 3.63) is 69.8 Å². The molecule has 0 saturated carbocycles. The first kappa shape index (κ1) is 14.5. The zero-order valence-corrected chi connectivity index (χ0v) is 13.4. The summed E-state index contributed by atoms with van der Waals surface area (Å²) in [5.41, 5.74) is 1.44. The number of fused-ring (bicyclic) bond motifs is 1. The maximum absolute atomic E-state index is 12.2. The maximum atomic E-state index is 12.2. The molecule has 0 atom stereocenters. The molecule has 118 valence electrons. The lowest BCUT2D eigenvalue weighted by atomic mass is 10.3. The molecule has 0 fully saturated rings. The van der Waals surface area contributed by atoms with Crippen molar-refractivity contribution in [3.8, 4) is 16.3 Å². The van der Waals surface area contributed by atoms with E-state index in [1.807, 2.05) is 24.3 Å². The third-order valence-corrected chi connectivity index (χ3v) is 4.67. The first-order chi connectivity index (χ1) is 11.6. The molecule has 0 aliphatic rings. The second kappa shape index (κ2) is 5.50. The molecular formula is C16H11N5O2S. The molecule has 0 spiro atoms. The Morgan fingerprint density at radius 3 is 2.79 bits per heavy atom. The summed E-state index contributed by atoms with van der Waals surface area (Å²) in [6.07, 6.45) is 4.60. The highest BCUT2D eigenvalue weighted by Gasteiger charge is 2.10. The normalized spacial score (nSPS) is 11.0. The van der Waals surface area contributed by atoms with Crippen molar-refractivity contribution >= 4 is 21.6 Å². The van der Waals surface area contributed by atoms with Gasteiger partial charge in [0.2, 0.25) is 0 Å². The second-order valence-electron chi connectivity index (χ2n) is 5.15. The molecule has 0 N–H and O–H groups in total. The third-order valence-electron chi connectivity index (χ3n) is 3.61. The van der Waals surface area contributed by atoms with Crippen molar-refractivity contribution in [2.24, 2.45) is 7.05 Å². The van der Waals surface area contributed by atoms with Crippen molar-refractivity contribution in [3.63, 3.8) is 0 Å². The topological polar surface area (TPSA) is 82.7 Å². The van der Waals surface area contributed by atoms with Crippen LogP contribution in [-0.2, 0) is 7.05 Å². The molecule has 7 nitrogen and oxygen atoms in total. The van der Waals surface area contributed by atoms with Gasteiger partial charge in [-0.1, -0.05) is 0 Å². The van der Waals surface area contributed by atoms with E-state index >= 15 is 0 Å². The Morgan fingerprint density at radius 2 is 2.00 bits per heavy atom. The number of nitrogens with zero attached hydrogens (tertiary/aromatic N) is 5. The third kappa shape index (κ3) is 2.33. The van der Waals surface area contributed by atoms with Crippen molar-refractivity contribution in [1.82, 2.24) is 24.3 Å². The van der Waals surface area contributed by atoms with Crippen LogP contribution in [0.5, 0.6) is 0 Å². The number of rotatable bonds is 2. The molecule has 24 heavy (non-hydrogen) atoms. The van der Waals surface area contributed by atoms with E-state index in [-0.39, 0.29) is 0 Å². The number of hydrogen-bond donors (Lipinski definition) is 0. The van der Waals surface area contributed by atoms with Gasteiger partial charge in [0.1, 0.15) is 11.2 Å². The Hall–Kier alpha value is -3.13. The number of thiazole rings is 1. The molecule has 0 bridgehead atoms. The molecule has 0 radical (unpaired) electrons. The summed E-state index contributed by atoms with van der Waals surface area (Å²) in [6.45, 7) is 0. The van der Waals surface area contributed by atoms with E-state index in [1.54, 1.807) is 18.5 Å². The molecule has 0 aliphatic heterocycles. The highest BCUT2D eigenvalue weighted by Crippen LogP contribution is 2.30. The van der Waals surface area contributed by atoms with Crippen LogP contribution >= 0.6 is 11.3 Å². The summed E-state index contributed by atoms with van der Waals surface area (Å²) in [6, 6.07) is 9.24. The van der Waals surface area contributed by atoms with Gasteiger partial charge in [0.05, 0.1) is 15.9 Å². The monoisotopic (exact) mass is 337 g/mol. The van der Waals surface area contributed by atoms with Gasteiger partial charge in [-0.05, 0) is 30.3 Å². The van der Waals surface area contributed by atoms with Crippen LogP contribution in [0.4, 0.5) is 0 Å². The van der Waals surface area contributed by atoms with Gasteiger partial charge in [-0.3, -0.25) is 14.3 Å². The second-order valence-corrected chi connectivity index (χ2v) is 6.18. The standard InChI is InChI=1S/C16H11N5O2S/c1-20-14(22)9-18-21(16(20)23)11-4-5-12-13(7-11)24-15(19-12)10-3-2-6-17-8-10/h2-9H,1H3. The average molecular weight is 337 g/mol. The summed E-state index contributed by atoms with van der Waals surface area (Å²) in [5, 5.41) is 4.78. The number of pyridine rings is 1. The van der Waals surface area contributed by atoms with E-state index in [9.17, 15) is 9.59 Å². The summed E-state index contributed by atoms with van der Waals surface area (Å²) >= 11 is 1.51. The minimum atomic E-state index is -0.487. The molecule has 1 aromatic carbocycles. The van der Waals surface area contributed by atoms with Gasteiger partial charge in [-0.2, -0.15) is 9.78 Å². The fourth-order valence-electron chi connectivity index (χ4n) is 2.31. The number of benzene rings is 1. The lowest BCUT2D eigenvalue weighted by Gasteiger charge is -2.04. The first-order valence-electron chi connectivity index (χ1n) is 7.10. The molecule has 0 amide bonds. The van der Waals surface area contributed by atoms with Crippen LogP contribution in [-0.4, -0.2) is 24.3 Å². The van der Waals surface area contributed by atoms with Crippen LogP contribution in [0.3, 0.4) is 0 Å². The smallest absolute Gasteiger partial charge is 0.267 e. The van der Waals surface area contributed by atoms with Crippen LogP contribution in [0, 0.1) is 0 Å². The Balaban J connectivity index is 1.86. The molecular weight excluding hydrogens is 326 g/mol. The average Bonchev–Trinajstić information content (AvgIpc) is 3.04. The lowest BCUT2D eigenvalue weighted by molar-refractivity contribution is 0.655. The van der Waals surface area contributed by atoms with E-state index in [0.717, 1.165) is 31.6 Å². The Bertz CT molecular complexity index is 1160. The molecule has 0 saturated heterocycles. The minimum absolute atomic E-state index is 0.436. The molecule has 3 aromatic heterocycles. The van der Waals surface area contributed by atoms with E-state index in [2.05, 4.69) is 15.1 Å². The van der Waals surface area contributed by atoms with Gasteiger partial charge in [0.25, 0.3) is 5.56 Å². The van der Waals surface area contributed by atoms with Gasteiger partial charge >= 0.3 is 5.69 Å². The Labute approximate surface area is 139 Å². The van der Waals surface area contributed by atoms with E-state index in [1.165, 1.54) is 23.1 Å². The van der Waals surface area contributed by atoms with Gasteiger partial charge in [-0.15, -0.1) is 11.3 Å². The van der Waals surface area contributed by atoms with Gasteiger partial charge < -0.3 is 0 Å². The zero-order valence-electron chi connectivity index (χ0n) is 12.6. The SMILES string of the molecule is Cn1c(=O)cnn(-c2ccc3nc(-c4cccnc4)sc3c2)c1=O. The van der Waals surface area contributed by atoms with Crippen LogP contribution in [0.15, 0.2) is 58.5 Å². The molecule has 0 aliphatic carbocycles. The van der Waals surface area contributed by atoms with Crippen molar-refractivity contribution in [2.75, 3.05) is 0 Å². The largest absolute Gasteiger partial charge is 0.351 e. The van der Waals surface area contributed by atoms with Gasteiger partial charge in [0, 0.05) is 25.0 Å². The van der Waals surface area contributed by atoms with E-state index < -0.39 is 11.2 Å². The number of aromatic nitrogens is 5. The Morgan fingerprint density at radius 1 is 1.12 bits per heavy atom. The first-order valence-corrected chi connectivity index (χ1v) is 7.92. The molecule has 4 rings (SSSR count).